The van der Waals surface area contributed by atoms with E-state index in [4.69, 9.17) is 24.3 Å². The number of unbranched alkanes of at least 4 members (excludes halogenated alkanes) is 2. The molecule has 0 fully saturated rings. The summed E-state index contributed by atoms with van der Waals surface area (Å²) < 4.78 is 32.6. The van der Waals surface area contributed by atoms with Crippen molar-refractivity contribution in [3.05, 3.63) is 122 Å². The average molecular weight is 784 g/mol. The number of carbonyl (C=O) groups is 2. The van der Waals surface area contributed by atoms with E-state index < -0.39 is 32.5 Å². The molecular weight excluding hydrogens is 713 g/mol. The van der Waals surface area contributed by atoms with Crippen molar-refractivity contribution < 1.29 is 37.6 Å². The lowest BCUT2D eigenvalue weighted by molar-refractivity contribution is -0.161. The van der Waals surface area contributed by atoms with Crippen molar-refractivity contribution in [2.75, 3.05) is 26.4 Å². The Bertz CT molecular complexity index is 1310. The van der Waals surface area contributed by atoms with E-state index in [0.29, 0.717) is 12.8 Å². The first kappa shape index (κ1) is 51.4. The second kappa shape index (κ2) is 40.1. The summed E-state index contributed by atoms with van der Waals surface area (Å²) in [4.78, 5) is 34.7. The van der Waals surface area contributed by atoms with Crippen LogP contribution >= 0.6 is 7.82 Å². The quantitative estimate of drug-likeness (QED) is 0.0279. The Labute approximate surface area is 332 Å². The number of phosphoric ester groups is 1. The highest BCUT2D eigenvalue weighted by atomic mass is 31.2. The van der Waals surface area contributed by atoms with Crippen LogP contribution < -0.4 is 5.73 Å². The predicted octanol–water partition coefficient (Wildman–Crippen LogP) is 11.4. The monoisotopic (exact) mass is 783 g/mol. The molecule has 0 aromatic heterocycles. The second-order valence-corrected chi connectivity index (χ2v) is 13.8. The molecule has 0 saturated carbocycles. The topological polar surface area (TPSA) is 134 Å². The maximum Gasteiger partial charge on any atom is 0.472 e. The number of carbonyl (C=O) groups excluding carboxylic acids is 2. The fraction of sp³-hybridized carbons (Fsp3) is 0.511. The molecule has 0 aliphatic rings. The molecule has 0 aliphatic heterocycles. The molecule has 0 rings (SSSR count). The van der Waals surface area contributed by atoms with Crippen molar-refractivity contribution in [2.24, 2.45) is 5.73 Å². The number of esters is 2. The van der Waals surface area contributed by atoms with Crippen LogP contribution in [0.5, 0.6) is 0 Å². The minimum atomic E-state index is -4.41. The van der Waals surface area contributed by atoms with Gasteiger partial charge in [-0.15, -0.1) is 0 Å². The van der Waals surface area contributed by atoms with Crippen molar-refractivity contribution in [2.45, 2.75) is 123 Å². The van der Waals surface area contributed by atoms with Gasteiger partial charge in [-0.25, -0.2) is 4.57 Å². The maximum absolute atomic E-state index is 12.5. The summed E-state index contributed by atoms with van der Waals surface area (Å²) in [5, 5.41) is 0. The summed E-state index contributed by atoms with van der Waals surface area (Å²) in [6.07, 6.45) is 53.9. The van der Waals surface area contributed by atoms with E-state index in [0.717, 1.165) is 77.0 Å². The third-order valence-corrected chi connectivity index (χ3v) is 8.34. The van der Waals surface area contributed by atoms with Crippen LogP contribution in [0.3, 0.4) is 0 Å². The maximum atomic E-state index is 12.5. The standard InChI is InChI=1S/C45H70NO8P/c1-3-5-7-9-11-13-15-17-19-20-21-22-24-26-28-30-32-34-36-38-45(48)54-43(42-53-55(49,50)52-40-39-46)41-51-44(47)37-35-33-31-29-27-25-23-18-16-14-12-10-8-6-4-2/h5-8,11-14,17-19,21-23,26-29,32,34,43H,3-4,9-10,15-16,20,24-25,30-31,33,35-42,46H2,1-2H3,(H,49,50)/b7-5-,8-6-,13-11-,14-12-,19-17-,22-21-,23-18-,28-26-,29-27-,34-32-/t43-/m1/s1. The first-order valence-electron chi connectivity index (χ1n) is 20.0. The Morgan fingerprint density at radius 1 is 0.545 bits per heavy atom. The van der Waals surface area contributed by atoms with E-state index in [1.165, 1.54) is 0 Å². The number of hydrogen-bond acceptors (Lipinski definition) is 8. The molecule has 3 N–H and O–H groups in total. The molecule has 0 aromatic rings. The van der Waals surface area contributed by atoms with Crippen LogP contribution in [0.4, 0.5) is 0 Å². The molecule has 10 heteroatoms. The van der Waals surface area contributed by atoms with Gasteiger partial charge in [-0.2, -0.15) is 0 Å². The van der Waals surface area contributed by atoms with Gasteiger partial charge < -0.3 is 20.1 Å². The molecule has 308 valence electrons. The average Bonchev–Trinajstić information content (AvgIpc) is 3.17. The van der Waals surface area contributed by atoms with Crippen LogP contribution in [-0.4, -0.2) is 49.3 Å². The smallest absolute Gasteiger partial charge is 0.462 e. The first-order chi connectivity index (χ1) is 26.8. The molecule has 2 atom stereocenters. The molecule has 0 radical (unpaired) electrons. The SMILES string of the molecule is CC/C=C\C/C=C\C/C=C\C/C=C\C/C=C\C/C=C\CCC(=O)O[C@H](COC(=O)CCCC/C=C\C/C=C\C/C=C\C/C=C\CC)COP(=O)(O)OCCN. The molecule has 1 unspecified atom stereocenters. The zero-order valence-electron chi connectivity index (χ0n) is 33.6. The van der Waals surface area contributed by atoms with Gasteiger partial charge in [-0.3, -0.25) is 18.6 Å². The van der Waals surface area contributed by atoms with Crippen LogP contribution in [0.15, 0.2) is 122 Å². The Hall–Kier alpha value is -3.59. The number of allylic oxidation sites excluding steroid dienone is 20. The molecule has 0 amide bonds. The molecule has 9 nitrogen and oxygen atoms in total. The highest BCUT2D eigenvalue weighted by Crippen LogP contribution is 2.43. The summed E-state index contributed by atoms with van der Waals surface area (Å²) in [5.74, 6) is -0.992. The number of phosphoric acid groups is 1. The van der Waals surface area contributed by atoms with Gasteiger partial charge in [0.05, 0.1) is 13.2 Å². The Balaban J connectivity index is 4.43. The van der Waals surface area contributed by atoms with Crippen molar-refractivity contribution >= 4 is 19.8 Å². The number of hydrogen-bond donors (Lipinski definition) is 2. The van der Waals surface area contributed by atoms with Crippen LogP contribution in [0.1, 0.15) is 117 Å². The third-order valence-electron chi connectivity index (χ3n) is 7.36. The third kappa shape index (κ3) is 39.9. The largest absolute Gasteiger partial charge is 0.472 e. The van der Waals surface area contributed by atoms with Crippen molar-refractivity contribution in [1.82, 2.24) is 0 Å². The lowest BCUT2D eigenvalue weighted by Gasteiger charge is -2.19. The number of nitrogens with two attached hydrogens (primary N) is 1. The van der Waals surface area contributed by atoms with E-state index in [2.05, 4.69) is 123 Å². The summed E-state index contributed by atoms with van der Waals surface area (Å²) >= 11 is 0. The molecule has 0 aliphatic carbocycles. The van der Waals surface area contributed by atoms with Crippen LogP contribution in [-0.2, 0) is 32.7 Å². The number of rotatable bonds is 35. The zero-order valence-corrected chi connectivity index (χ0v) is 34.5. The van der Waals surface area contributed by atoms with Gasteiger partial charge in [0.1, 0.15) is 6.61 Å². The fourth-order valence-electron chi connectivity index (χ4n) is 4.47. The molecular formula is C45H70NO8P. The Kier molecular flexibility index (Phi) is 37.5. The molecule has 0 spiro atoms. The molecule has 0 aromatic carbocycles. The lowest BCUT2D eigenvalue weighted by atomic mass is 10.2. The first-order valence-corrected chi connectivity index (χ1v) is 21.5. The number of ether oxygens (including phenoxy) is 2. The fourth-order valence-corrected chi connectivity index (χ4v) is 5.24. The minimum absolute atomic E-state index is 0.0286. The summed E-state index contributed by atoms with van der Waals surface area (Å²) in [6, 6.07) is 0. The van der Waals surface area contributed by atoms with Crippen LogP contribution in [0, 0.1) is 0 Å². The van der Waals surface area contributed by atoms with E-state index in [-0.39, 0.29) is 32.6 Å². The second-order valence-electron chi connectivity index (χ2n) is 12.4. The summed E-state index contributed by atoms with van der Waals surface area (Å²) in [6.45, 7) is 3.32. The van der Waals surface area contributed by atoms with Gasteiger partial charge in [0, 0.05) is 19.4 Å². The van der Waals surface area contributed by atoms with E-state index in [1.54, 1.807) is 0 Å². The van der Waals surface area contributed by atoms with Crippen LogP contribution in [0.2, 0.25) is 0 Å². The van der Waals surface area contributed by atoms with Gasteiger partial charge in [0.2, 0.25) is 0 Å². The van der Waals surface area contributed by atoms with E-state index >= 15 is 0 Å². The van der Waals surface area contributed by atoms with E-state index in [9.17, 15) is 19.0 Å². The van der Waals surface area contributed by atoms with Crippen molar-refractivity contribution in [1.29, 1.82) is 0 Å². The van der Waals surface area contributed by atoms with Crippen molar-refractivity contribution in [3.8, 4) is 0 Å². The van der Waals surface area contributed by atoms with E-state index in [1.807, 2.05) is 12.2 Å². The van der Waals surface area contributed by atoms with Gasteiger partial charge >= 0.3 is 19.8 Å². The van der Waals surface area contributed by atoms with Gasteiger partial charge in [0.25, 0.3) is 0 Å². The predicted molar refractivity (Wildman–Crippen MR) is 228 cm³/mol. The minimum Gasteiger partial charge on any atom is -0.462 e. The van der Waals surface area contributed by atoms with Gasteiger partial charge in [-0.1, -0.05) is 135 Å². The highest BCUT2D eigenvalue weighted by Gasteiger charge is 2.25. The zero-order chi connectivity index (χ0) is 40.3. The Morgan fingerprint density at radius 3 is 1.40 bits per heavy atom. The van der Waals surface area contributed by atoms with Gasteiger partial charge in [-0.05, 0) is 89.9 Å². The summed E-state index contributed by atoms with van der Waals surface area (Å²) in [7, 11) is -4.41. The molecule has 0 saturated heterocycles. The van der Waals surface area contributed by atoms with Crippen molar-refractivity contribution in [3.63, 3.8) is 0 Å². The van der Waals surface area contributed by atoms with Crippen LogP contribution in [0.25, 0.3) is 0 Å². The Morgan fingerprint density at radius 2 is 0.964 bits per heavy atom. The summed E-state index contributed by atoms with van der Waals surface area (Å²) in [5.41, 5.74) is 5.33. The molecule has 55 heavy (non-hydrogen) atoms. The van der Waals surface area contributed by atoms with Gasteiger partial charge in [0.15, 0.2) is 6.10 Å². The molecule has 0 heterocycles. The molecule has 0 bridgehead atoms. The normalized spacial score (nSPS) is 14.6. The highest BCUT2D eigenvalue weighted by molar-refractivity contribution is 7.47. The lowest BCUT2D eigenvalue weighted by Crippen LogP contribution is -2.29.